The standard InChI is InChI=1S/C13H9ClF6N2O3/c1-2-25-11(24)7(9(23)13(18,19)20)5-22-10-8(14)3-6(4-21-10)12(15,16)17/h3-5,23H,2H2,1H3/b9-7-,22-5+. The highest BCUT2D eigenvalue weighted by Gasteiger charge is 2.38. The van der Waals surface area contributed by atoms with Crippen LogP contribution in [0.2, 0.25) is 5.02 Å². The molecule has 25 heavy (non-hydrogen) atoms. The number of aliphatic hydroxyl groups is 1. The maximum atomic E-state index is 12.5. The molecule has 1 rings (SSSR count). The summed E-state index contributed by atoms with van der Waals surface area (Å²) in [6.45, 7) is 1.02. The molecule has 0 fully saturated rings. The van der Waals surface area contributed by atoms with Crippen molar-refractivity contribution in [2.75, 3.05) is 6.61 Å². The zero-order valence-corrected chi connectivity index (χ0v) is 13.0. The van der Waals surface area contributed by atoms with E-state index in [1.165, 1.54) is 6.92 Å². The van der Waals surface area contributed by atoms with Gasteiger partial charge >= 0.3 is 18.3 Å². The van der Waals surface area contributed by atoms with Crippen molar-refractivity contribution in [2.45, 2.75) is 19.3 Å². The first-order valence-corrected chi connectivity index (χ1v) is 6.70. The van der Waals surface area contributed by atoms with Crippen molar-refractivity contribution < 1.29 is 41.0 Å². The zero-order valence-electron chi connectivity index (χ0n) is 12.2. The Bertz CT molecular complexity index is 713. The molecule has 0 saturated heterocycles. The van der Waals surface area contributed by atoms with Crippen molar-refractivity contribution in [1.82, 2.24) is 4.98 Å². The van der Waals surface area contributed by atoms with E-state index in [1.807, 2.05) is 0 Å². The van der Waals surface area contributed by atoms with Gasteiger partial charge in [0.1, 0.15) is 5.57 Å². The van der Waals surface area contributed by atoms with Gasteiger partial charge in [0, 0.05) is 12.4 Å². The Balaban J connectivity index is 3.28. The van der Waals surface area contributed by atoms with Crippen molar-refractivity contribution in [3.63, 3.8) is 0 Å². The number of alkyl halides is 6. The molecule has 138 valence electrons. The van der Waals surface area contributed by atoms with Crippen LogP contribution in [0.3, 0.4) is 0 Å². The number of hydrogen-bond donors (Lipinski definition) is 1. The molecule has 0 unspecified atom stereocenters. The van der Waals surface area contributed by atoms with Gasteiger partial charge in [0.15, 0.2) is 5.82 Å². The molecule has 0 bridgehead atoms. The van der Waals surface area contributed by atoms with E-state index in [0.29, 0.717) is 12.3 Å². The van der Waals surface area contributed by atoms with Crippen LogP contribution in [0.25, 0.3) is 0 Å². The Labute approximate surface area is 141 Å². The number of rotatable bonds is 4. The van der Waals surface area contributed by atoms with Crippen LogP contribution < -0.4 is 0 Å². The maximum absolute atomic E-state index is 12.5. The van der Waals surface area contributed by atoms with Gasteiger partial charge in [-0.2, -0.15) is 26.3 Å². The molecule has 0 aliphatic rings. The van der Waals surface area contributed by atoms with Gasteiger partial charge in [-0.1, -0.05) is 11.6 Å². The molecule has 0 amide bonds. The molecular formula is C13H9ClF6N2O3. The highest BCUT2D eigenvalue weighted by molar-refractivity contribution is 6.32. The van der Waals surface area contributed by atoms with Crippen molar-refractivity contribution >= 4 is 29.6 Å². The van der Waals surface area contributed by atoms with E-state index in [4.69, 9.17) is 16.7 Å². The summed E-state index contributed by atoms with van der Waals surface area (Å²) in [5.41, 5.74) is -2.55. The SMILES string of the molecule is CCOC(=O)C(/C=N/c1ncc(C(F)(F)F)cc1Cl)=C(\O)C(F)(F)F. The van der Waals surface area contributed by atoms with Crippen molar-refractivity contribution in [1.29, 1.82) is 0 Å². The fourth-order valence-corrected chi connectivity index (χ4v) is 1.59. The number of hydrogen-bond acceptors (Lipinski definition) is 5. The number of aliphatic hydroxyl groups excluding tert-OH is 1. The summed E-state index contributed by atoms with van der Waals surface area (Å²) in [7, 11) is 0. The summed E-state index contributed by atoms with van der Waals surface area (Å²) >= 11 is 5.54. The molecule has 1 heterocycles. The van der Waals surface area contributed by atoms with Crippen LogP contribution in [0, 0.1) is 0 Å². The number of aromatic nitrogens is 1. The summed E-state index contributed by atoms with van der Waals surface area (Å²) in [4.78, 5) is 18.1. The van der Waals surface area contributed by atoms with E-state index in [9.17, 15) is 31.1 Å². The summed E-state index contributed by atoms with van der Waals surface area (Å²) < 4.78 is 79.4. The summed E-state index contributed by atoms with van der Waals surface area (Å²) in [5, 5.41) is 8.48. The van der Waals surface area contributed by atoms with Crippen molar-refractivity contribution in [3.8, 4) is 0 Å². The molecule has 1 aromatic rings. The monoisotopic (exact) mass is 390 g/mol. The fourth-order valence-electron chi connectivity index (χ4n) is 1.38. The van der Waals surface area contributed by atoms with Gasteiger partial charge in [0.2, 0.25) is 5.76 Å². The maximum Gasteiger partial charge on any atom is 0.449 e. The quantitative estimate of drug-likeness (QED) is 0.272. The van der Waals surface area contributed by atoms with Crippen LogP contribution in [0.15, 0.2) is 28.6 Å². The van der Waals surface area contributed by atoms with Gasteiger partial charge in [-0.15, -0.1) is 0 Å². The molecule has 0 aliphatic carbocycles. The average Bonchev–Trinajstić information content (AvgIpc) is 2.46. The van der Waals surface area contributed by atoms with Crippen LogP contribution >= 0.6 is 11.6 Å². The lowest BCUT2D eigenvalue weighted by Gasteiger charge is -2.09. The second-order valence-corrected chi connectivity index (χ2v) is 4.67. The number of carbonyl (C=O) groups excluding carboxylic acids is 1. The second kappa shape index (κ2) is 7.72. The molecule has 1 N–H and O–H groups in total. The first-order valence-electron chi connectivity index (χ1n) is 6.32. The number of allylic oxidation sites excluding steroid dienone is 1. The third-order valence-electron chi connectivity index (χ3n) is 2.48. The minimum absolute atomic E-state index is 0.252. The van der Waals surface area contributed by atoms with Gasteiger partial charge in [-0.3, -0.25) is 0 Å². The summed E-state index contributed by atoms with van der Waals surface area (Å²) in [5.74, 6) is -4.41. The first-order chi connectivity index (χ1) is 11.4. The van der Waals surface area contributed by atoms with Gasteiger partial charge in [-0.05, 0) is 13.0 Å². The van der Waals surface area contributed by atoms with Crippen molar-refractivity contribution in [3.05, 3.63) is 34.2 Å². The molecule has 1 aromatic heterocycles. The summed E-state index contributed by atoms with van der Waals surface area (Å²) in [6.07, 6.45) is -9.40. The largest absolute Gasteiger partial charge is 0.504 e. The number of ether oxygens (including phenoxy) is 1. The fraction of sp³-hybridized carbons (Fsp3) is 0.308. The van der Waals surface area contributed by atoms with E-state index in [-0.39, 0.29) is 12.8 Å². The summed E-state index contributed by atoms with van der Waals surface area (Å²) in [6, 6.07) is 0.457. The van der Waals surface area contributed by atoms with Crippen LogP contribution in [0.1, 0.15) is 12.5 Å². The Morgan fingerprint density at radius 1 is 1.36 bits per heavy atom. The highest BCUT2D eigenvalue weighted by Crippen LogP contribution is 2.33. The van der Waals surface area contributed by atoms with Crippen LogP contribution in [0.5, 0.6) is 0 Å². The lowest BCUT2D eigenvalue weighted by molar-refractivity contribution is -0.141. The predicted molar refractivity (Wildman–Crippen MR) is 74.7 cm³/mol. The average molecular weight is 391 g/mol. The molecular weight excluding hydrogens is 382 g/mol. The Kier molecular flexibility index (Phi) is 6.41. The smallest absolute Gasteiger partial charge is 0.449 e. The molecule has 0 atom stereocenters. The predicted octanol–water partition coefficient (Wildman–Crippen LogP) is 4.39. The van der Waals surface area contributed by atoms with Crippen LogP contribution in [0.4, 0.5) is 32.2 Å². The van der Waals surface area contributed by atoms with E-state index in [1.54, 1.807) is 0 Å². The molecule has 12 heteroatoms. The number of carbonyl (C=O) groups is 1. The molecule has 0 saturated carbocycles. The number of esters is 1. The van der Waals surface area contributed by atoms with Crippen LogP contribution in [-0.4, -0.2) is 35.1 Å². The molecule has 5 nitrogen and oxygen atoms in total. The van der Waals surface area contributed by atoms with E-state index < -0.39 is 46.1 Å². The van der Waals surface area contributed by atoms with Gasteiger partial charge < -0.3 is 9.84 Å². The second-order valence-electron chi connectivity index (χ2n) is 4.27. The Morgan fingerprint density at radius 3 is 2.40 bits per heavy atom. The normalized spacial score (nSPS) is 13.8. The molecule has 0 aromatic carbocycles. The number of halogens is 7. The highest BCUT2D eigenvalue weighted by atomic mass is 35.5. The number of pyridine rings is 1. The lowest BCUT2D eigenvalue weighted by Crippen LogP contribution is -2.20. The minimum atomic E-state index is -5.27. The van der Waals surface area contributed by atoms with Crippen LogP contribution in [-0.2, 0) is 15.7 Å². The van der Waals surface area contributed by atoms with E-state index in [2.05, 4.69) is 14.7 Å². The molecule has 0 radical (unpaired) electrons. The van der Waals surface area contributed by atoms with E-state index in [0.717, 1.165) is 0 Å². The topological polar surface area (TPSA) is 71.8 Å². The number of nitrogens with zero attached hydrogens (tertiary/aromatic N) is 2. The minimum Gasteiger partial charge on any atom is -0.504 e. The molecule has 0 spiro atoms. The third-order valence-corrected chi connectivity index (χ3v) is 2.76. The van der Waals surface area contributed by atoms with Gasteiger partial charge in [0.05, 0.1) is 17.2 Å². The third kappa shape index (κ3) is 5.62. The zero-order chi connectivity index (χ0) is 19.4. The molecule has 0 aliphatic heterocycles. The number of aliphatic imine (C=N–C) groups is 1. The van der Waals surface area contributed by atoms with Gasteiger partial charge in [-0.25, -0.2) is 14.8 Å². The lowest BCUT2D eigenvalue weighted by atomic mass is 10.2. The van der Waals surface area contributed by atoms with Gasteiger partial charge in [0.25, 0.3) is 0 Å². The van der Waals surface area contributed by atoms with Crippen molar-refractivity contribution in [2.24, 2.45) is 4.99 Å². The van der Waals surface area contributed by atoms with E-state index >= 15 is 0 Å². The first kappa shape index (κ1) is 20.7. The Morgan fingerprint density at radius 2 is 1.96 bits per heavy atom. The Hall–Kier alpha value is -2.30.